The standard InChI is InChI=1S/C13H16/c1-10-7-12-9-13(12,8-10)11-5-3-2-4-6-11/h2-6,10,12H,7-9H2,1H3/t10-,12?,13?/m0/s1. The van der Waals surface area contributed by atoms with Crippen molar-refractivity contribution in [2.45, 2.75) is 31.6 Å². The first-order chi connectivity index (χ1) is 6.31. The molecule has 2 saturated carbocycles. The fraction of sp³-hybridized carbons (Fsp3) is 0.538. The number of fused-ring (bicyclic) bond motifs is 1. The first-order valence-electron chi connectivity index (χ1n) is 5.37. The van der Waals surface area contributed by atoms with Gasteiger partial charge in [0.2, 0.25) is 0 Å². The largest absolute Gasteiger partial charge is 0.0625 e. The summed E-state index contributed by atoms with van der Waals surface area (Å²) < 4.78 is 0. The van der Waals surface area contributed by atoms with Gasteiger partial charge >= 0.3 is 0 Å². The summed E-state index contributed by atoms with van der Waals surface area (Å²) in [5.41, 5.74) is 2.23. The molecule has 0 spiro atoms. The van der Waals surface area contributed by atoms with Gasteiger partial charge in [-0.05, 0) is 42.1 Å². The Bertz CT molecular complexity index is 314. The molecule has 0 saturated heterocycles. The van der Waals surface area contributed by atoms with Gasteiger partial charge < -0.3 is 0 Å². The van der Waals surface area contributed by atoms with Crippen LogP contribution in [-0.4, -0.2) is 0 Å². The maximum absolute atomic E-state index is 2.40. The average molecular weight is 172 g/mol. The van der Waals surface area contributed by atoms with Gasteiger partial charge in [0.15, 0.2) is 0 Å². The van der Waals surface area contributed by atoms with Crippen molar-refractivity contribution < 1.29 is 0 Å². The number of hydrogen-bond donors (Lipinski definition) is 0. The number of rotatable bonds is 1. The van der Waals surface area contributed by atoms with Gasteiger partial charge in [0, 0.05) is 0 Å². The van der Waals surface area contributed by atoms with E-state index < -0.39 is 0 Å². The highest BCUT2D eigenvalue weighted by molar-refractivity contribution is 5.35. The maximum atomic E-state index is 2.40. The van der Waals surface area contributed by atoms with Gasteiger partial charge in [-0.2, -0.15) is 0 Å². The lowest BCUT2D eigenvalue weighted by Gasteiger charge is -2.13. The summed E-state index contributed by atoms with van der Waals surface area (Å²) in [5.74, 6) is 1.98. The highest BCUT2D eigenvalue weighted by Gasteiger charge is 2.59. The first-order valence-corrected chi connectivity index (χ1v) is 5.37. The van der Waals surface area contributed by atoms with Crippen molar-refractivity contribution in [3.05, 3.63) is 35.9 Å². The Labute approximate surface area is 80.0 Å². The zero-order valence-electron chi connectivity index (χ0n) is 8.16. The van der Waals surface area contributed by atoms with Crippen molar-refractivity contribution in [3.8, 4) is 0 Å². The predicted molar refractivity (Wildman–Crippen MR) is 54.6 cm³/mol. The van der Waals surface area contributed by atoms with Crippen molar-refractivity contribution in [2.75, 3.05) is 0 Å². The molecule has 3 rings (SSSR count). The third kappa shape index (κ3) is 0.979. The minimum absolute atomic E-state index is 0.626. The van der Waals surface area contributed by atoms with Crippen molar-refractivity contribution in [2.24, 2.45) is 11.8 Å². The molecule has 0 N–H and O–H groups in total. The van der Waals surface area contributed by atoms with Crippen LogP contribution < -0.4 is 0 Å². The van der Waals surface area contributed by atoms with Crippen molar-refractivity contribution >= 4 is 0 Å². The second-order valence-corrected chi connectivity index (χ2v) is 4.97. The molecule has 0 bridgehead atoms. The van der Waals surface area contributed by atoms with Crippen LogP contribution in [0, 0.1) is 11.8 Å². The minimum Gasteiger partial charge on any atom is -0.0625 e. The molecule has 0 amide bonds. The normalized spacial score (nSPS) is 41.6. The molecule has 2 aliphatic carbocycles. The Balaban J connectivity index is 1.95. The summed E-state index contributed by atoms with van der Waals surface area (Å²) in [6.07, 6.45) is 4.36. The minimum atomic E-state index is 0.626. The third-order valence-corrected chi connectivity index (χ3v) is 3.98. The molecule has 2 aliphatic rings. The fourth-order valence-corrected chi connectivity index (χ4v) is 3.37. The molecule has 3 atom stereocenters. The van der Waals surface area contributed by atoms with Crippen molar-refractivity contribution in [1.82, 2.24) is 0 Å². The summed E-state index contributed by atoms with van der Waals surface area (Å²) >= 11 is 0. The lowest BCUT2D eigenvalue weighted by Crippen LogP contribution is -2.06. The van der Waals surface area contributed by atoms with Gasteiger partial charge in [0.25, 0.3) is 0 Å². The van der Waals surface area contributed by atoms with E-state index in [1.807, 2.05) is 0 Å². The summed E-state index contributed by atoms with van der Waals surface area (Å²) in [4.78, 5) is 0. The molecule has 0 nitrogen and oxygen atoms in total. The first kappa shape index (κ1) is 7.61. The van der Waals surface area contributed by atoms with E-state index in [0.29, 0.717) is 5.41 Å². The van der Waals surface area contributed by atoms with Crippen molar-refractivity contribution in [1.29, 1.82) is 0 Å². The quantitative estimate of drug-likeness (QED) is 0.609. The molecule has 0 heterocycles. The van der Waals surface area contributed by atoms with Crippen LogP contribution in [-0.2, 0) is 5.41 Å². The van der Waals surface area contributed by atoms with Crippen LogP contribution in [0.5, 0.6) is 0 Å². The van der Waals surface area contributed by atoms with Gasteiger partial charge in [-0.15, -0.1) is 0 Å². The Morgan fingerprint density at radius 3 is 2.54 bits per heavy atom. The number of benzene rings is 1. The van der Waals surface area contributed by atoms with Crippen LogP contribution in [0.3, 0.4) is 0 Å². The Morgan fingerprint density at radius 2 is 1.92 bits per heavy atom. The molecule has 2 unspecified atom stereocenters. The van der Waals surface area contributed by atoms with Crippen LogP contribution >= 0.6 is 0 Å². The van der Waals surface area contributed by atoms with E-state index in [0.717, 1.165) is 11.8 Å². The van der Waals surface area contributed by atoms with E-state index >= 15 is 0 Å². The molecule has 0 radical (unpaired) electrons. The third-order valence-electron chi connectivity index (χ3n) is 3.98. The zero-order valence-corrected chi connectivity index (χ0v) is 8.16. The average Bonchev–Trinajstić information content (AvgIpc) is 2.72. The molecule has 0 aromatic heterocycles. The van der Waals surface area contributed by atoms with Gasteiger partial charge in [-0.3, -0.25) is 0 Å². The van der Waals surface area contributed by atoms with E-state index in [2.05, 4.69) is 37.3 Å². The van der Waals surface area contributed by atoms with Gasteiger partial charge in [-0.1, -0.05) is 37.3 Å². The molecule has 0 heteroatoms. The lowest BCUT2D eigenvalue weighted by atomic mass is 9.91. The monoisotopic (exact) mass is 172 g/mol. The lowest BCUT2D eigenvalue weighted by molar-refractivity contribution is 0.514. The molecule has 1 aromatic carbocycles. The SMILES string of the molecule is C[C@H]1CC2CC2(c2ccccc2)C1. The van der Waals surface area contributed by atoms with E-state index in [1.54, 1.807) is 5.56 Å². The summed E-state index contributed by atoms with van der Waals surface area (Å²) in [5, 5.41) is 0. The number of hydrogen-bond acceptors (Lipinski definition) is 0. The Hall–Kier alpha value is -0.780. The van der Waals surface area contributed by atoms with E-state index in [-0.39, 0.29) is 0 Å². The van der Waals surface area contributed by atoms with Crippen LogP contribution in [0.15, 0.2) is 30.3 Å². The second kappa shape index (κ2) is 2.37. The molecule has 0 aliphatic heterocycles. The fourth-order valence-electron chi connectivity index (χ4n) is 3.37. The predicted octanol–water partition coefficient (Wildman–Crippen LogP) is 3.37. The van der Waals surface area contributed by atoms with Crippen molar-refractivity contribution in [3.63, 3.8) is 0 Å². The van der Waals surface area contributed by atoms with Gasteiger partial charge in [-0.25, -0.2) is 0 Å². The smallest absolute Gasteiger partial charge is 0.00129 e. The Morgan fingerprint density at radius 1 is 1.15 bits per heavy atom. The van der Waals surface area contributed by atoms with Crippen LogP contribution in [0.2, 0.25) is 0 Å². The highest BCUT2D eigenvalue weighted by Crippen LogP contribution is 2.65. The topological polar surface area (TPSA) is 0 Å². The van der Waals surface area contributed by atoms with Crippen LogP contribution in [0.4, 0.5) is 0 Å². The summed E-state index contributed by atoms with van der Waals surface area (Å²) in [7, 11) is 0. The molecule has 2 fully saturated rings. The van der Waals surface area contributed by atoms with E-state index in [4.69, 9.17) is 0 Å². The maximum Gasteiger partial charge on any atom is -0.00129 e. The Kier molecular flexibility index (Phi) is 1.39. The molecule has 68 valence electrons. The second-order valence-electron chi connectivity index (χ2n) is 4.97. The van der Waals surface area contributed by atoms with E-state index in [9.17, 15) is 0 Å². The molecular formula is C13H16. The highest BCUT2D eigenvalue weighted by atomic mass is 14.6. The molecule has 1 aromatic rings. The van der Waals surface area contributed by atoms with Crippen LogP contribution in [0.1, 0.15) is 31.7 Å². The molecular weight excluding hydrogens is 156 g/mol. The van der Waals surface area contributed by atoms with Crippen LogP contribution in [0.25, 0.3) is 0 Å². The zero-order chi connectivity index (χ0) is 8.89. The summed E-state index contributed by atoms with van der Waals surface area (Å²) in [6.45, 7) is 2.40. The van der Waals surface area contributed by atoms with E-state index in [1.165, 1.54) is 19.3 Å². The molecule has 13 heavy (non-hydrogen) atoms. The van der Waals surface area contributed by atoms with Gasteiger partial charge in [0.05, 0.1) is 0 Å². The summed E-state index contributed by atoms with van der Waals surface area (Å²) in [6, 6.07) is 11.1. The van der Waals surface area contributed by atoms with Gasteiger partial charge in [0.1, 0.15) is 0 Å².